The second-order valence-electron chi connectivity index (χ2n) is 5.64. The minimum atomic E-state index is -0.154. The number of hydrogen-bond donors (Lipinski definition) is 1. The molecule has 1 rings (SSSR count). The fraction of sp³-hybridized carbons (Fsp3) is 0.933. The molecule has 1 heterocycles. The summed E-state index contributed by atoms with van der Waals surface area (Å²) in [6, 6.07) is 0.530. The molecule has 0 aromatic heterocycles. The standard InChI is InChI=1S/C15H30N2O2/c1-5-16-13(15(18)19-6-2)9-11-17-10-7-8-14(17)12(3)4/h12-14,16H,5-11H2,1-4H3. The van der Waals surface area contributed by atoms with Gasteiger partial charge in [-0.15, -0.1) is 0 Å². The number of carbonyl (C=O) groups excluding carboxylic acids is 1. The monoisotopic (exact) mass is 270 g/mol. The molecule has 2 atom stereocenters. The highest BCUT2D eigenvalue weighted by Gasteiger charge is 2.28. The average Bonchev–Trinajstić information content (AvgIpc) is 2.83. The summed E-state index contributed by atoms with van der Waals surface area (Å²) < 4.78 is 5.13. The van der Waals surface area contributed by atoms with Crippen LogP contribution in [0.2, 0.25) is 0 Å². The molecule has 19 heavy (non-hydrogen) atoms. The summed E-state index contributed by atoms with van der Waals surface area (Å²) in [5.41, 5.74) is 0. The average molecular weight is 270 g/mol. The van der Waals surface area contributed by atoms with Crippen LogP contribution in [0, 0.1) is 5.92 Å². The second kappa shape index (κ2) is 8.54. The summed E-state index contributed by atoms with van der Waals surface area (Å²) in [6.07, 6.45) is 3.42. The molecule has 1 saturated heterocycles. The summed E-state index contributed by atoms with van der Waals surface area (Å²) in [7, 11) is 0. The van der Waals surface area contributed by atoms with E-state index in [4.69, 9.17) is 4.74 Å². The first-order chi connectivity index (χ1) is 9.10. The van der Waals surface area contributed by atoms with E-state index in [-0.39, 0.29) is 12.0 Å². The third-order valence-electron chi connectivity index (χ3n) is 3.91. The molecule has 0 spiro atoms. The van der Waals surface area contributed by atoms with E-state index in [0.717, 1.165) is 19.5 Å². The highest BCUT2D eigenvalue weighted by Crippen LogP contribution is 2.23. The number of carbonyl (C=O) groups is 1. The molecule has 0 aromatic carbocycles. The molecular weight excluding hydrogens is 240 g/mol. The summed E-state index contributed by atoms with van der Waals surface area (Å²) in [5.74, 6) is 0.590. The van der Waals surface area contributed by atoms with Crippen LogP contribution in [-0.2, 0) is 9.53 Å². The lowest BCUT2D eigenvalue weighted by Gasteiger charge is -2.28. The van der Waals surface area contributed by atoms with Crippen molar-refractivity contribution in [2.75, 3.05) is 26.2 Å². The number of likely N-dealkylation sites (tertiary alicyclic amines) is 1. The van der Waals surface area contributed by atoms with Crippen molar-refractivity contribution in [3.63, 3.8) is 0 Å². The van der Waals surface area contributed by atoms with Crippen molar-refractivity contribution in [3.8, 4) is 0 Å². The summed E-state index contributed by atoms with van der Waals surface area (Å²) >= 11 is 0. The Morgan fingerprint density at radius 1 is 1.42 bits per heavy atom. The van der Waals surface area contributed by atoms with Crippen molar-refractivity contribution in [1.29, 1.82) is 0 Å². The van der Waals surface area contributed by atoms with E-state index in [9.17, 15) is 4.79 Å². The van der Waals surface area contributed by atoms with Crippen LogP contribution in [-0.4, -0.2) is 49.2 Å². The van der Waals surface area contributed by atoms with Gasteiger partial charge in [-0.05, 0) is 45.2 Å². The number of esters is 1. The molecule has 0 aromatic rings. The second-order valence-corrected chi connectivity index (χ2v) is 5.64. The topological polar surface area (TPSA) is 41.6 Å². The van der Waals surface area contributed by atoms with E-state index in [0.29, 0.717) is 18.6 Å². The van der Waals surface area contributed by atoms with E-state index in [1.54, 1.807) is 0 Å². The molecule has 1 N–H and O–H groups in total. The van der Waals surface area contributed by atoms with Gasteiger partial charge in [-0.25, -0.2) is 0 Å². The van der Waals surface area contributed by atoms with Gasteiger partial charge in [0.15, 0.2) is 0 Å². The fourth-order valence-corrected chi connectivity index (χ4v) is 2.97. The molecule has 0 radical (unpaired) electrons. The highest BCUT2D eigenvalue weighted by molar-refractivity contribution is 5.75. The summed E-state index contributed by atoms with van der Waals surface area (Å²) in [4.78, 5) is 14.4. The van der Waals surface area contributed by atoms with Gasteiger partial charge in [0.05, 0.1) is 6.61 Å². The van der Waals surface area contributed by atoms with Gasteiger partial charge in [-0.3, -0.25) is 4.79 Å². The maximum Gasteiger partial charge on any atom is 0.323 e. The molecule has 0 amide bonds. The molecule has 0 bridgehead atoms. The Morgan fingerprint density at radius 2 is 2.16 bits per heavy atom. The lowest BCUT2D eigenvalue weighted by Crippen LogP contribution is -2.42. The zero-order valence-electron chi connectivity index (χ0n) is 12.9. The number of ether oxygens (including phenoxy) is 1. The third kappa shape index (κ3) is 5.11. The zero-order valence-corrected chi connectivity index (χ0v) is 12.9. The Hall–Kier alpha value is -0.610. The van der Waals surface area contributed by atoms with E-state index in [2.05, 4.69) is 24.1 Å². The van der Waals surface area contributed by atoms with Gasteiger partial charge in [0.2, 0.25) is 0 Å². The van der Waals surface area contributed by atoms with Crippen LogP contribution < -0.4 is 5.32 Å². The smallest absolute Gasteiger partial charge is 0.323 e. The Labute approximate surface area is 117 Å². The molecule has 1 fully saturated rings. The minimum absolute atomic E-state index is 0.107. The van der Waals surface area contributed by atoms with Crippen LogP contribution in [0.4, 0.5) is 0 Å². The third-order valence-corrected chi connectivity index (χ3v) is 3.91. The van der Waals surface area contributed by atoms with Crippen LogP contribution in [0.3, 0.4) is 0 Å². The largest absolute Gasteiger partial charge is 0.465 e. The molecule has 0 aliphatic carbocycles. The van der Waals surface area contributed by atoms with Crippen LogP contribution in [0.25, 0.3) is 0 Å². The first-order valence-electron chi connectivity index (χ1n) is 7.74. The molecular formula is C15H30N2O2. The van der Waals surface area contributed by atoms with Crippen molar-refractivity contribution in [2.45, 2.75) is 59.0 Å². The number of hydrogen-bond acceptors (Lipinski definition) is 4. The van der Waals surface area contributed by atoms with Crippen LogP contribution >= 0.6 is 0 Å². The van der Waals surface area contributed by atoms with Gasteiger partial charge in [-0.1, -0.05) is 20.8 Å². The maximum absolute atomic E-state index is 11.9. The van der Waals surface area contributed by atoms with E-state index < -0.39 is 0 Å². The zero-order chi connectivity index (χ0) is 14.3. The first kappa shape index (κ1) is 16.4. The molecule has 0 saturated carbocycles. The van der Waals surface area contributed by atoms with Crippen molar-refractivity contribution in [1.82, 2.24) is 10.2 Å². The van der Waals surface area contributed by atoms with Crippen LogP contribution in [0.15, 0.2) is 0 Å². The number of nitrogens with zero attached hydrogens (tertiary/aromatic N) is 1. The van der Waals surface area contributed by atoms with E-state index in [1.165, 1.54) is 19.4 Å². The molecule has 2 unspecified atom stereocenters. The predicted octanol–water partition coefficient (Wildman–Crippen LogP) is 2.04. The predicted molar refractivity (Wildman–Crippen MR) is 78.1 cm³/mol. The van der Waals surface area contributed by atoms with E-state index >= 15 is 0 Å². The molecule has 4 nitrogen and oxygen atoms in total. The first-order valence-corrected chi connectivity index (χ1v) is 7.74. The quantitative estimate of drug-likeness (QED) is 0.685. The maximum atomic E-state index is 11.9. The van der Waals surface area contributed by atoms with Crippen LogP contribution in [0.5, 0.6) is 0 Å². The van der Waals surface area contributed by atoms with Gasteiger partial charge in [0, 0.05) is 12.6 Å². The Bertz CT molecular complexity index is 269. The molecule has 1 aliphatic heterocycles. The van der Waals surface area contributed by atoms with Gasteiger partial charge < -0.3 is 15.0 Å². The van der Waals surface area contributed by atoms with Gasteiger partial charge in [0.25, 0.3) is 0 Å². The Morgan fingerprint density at radius 3 is 2.74 bits per heavy atom. The van der Waals surface area contributed by atoms with Crippen molar-refractivity contribution < 1.29 is 9.53 Å². The normalized spacial score (nSPS) is 21.8. The molecule has 1 aliphatic rings. The minimum Gasteiger partial charge on any atom is -0.465 e. The number of likely N-dealkylation sites (N-methyl/N-ethyl adjacent to an activating group) is 1. The van der Waals surface area contributed by atoms with E-state index in [1.807, 2.05) is 13.8 Å². The lowest BCUT2D eigenvalue weighted by atomic mass is 10.0. The van der Waals surface area contributed by atoms with Crippen molar-refractivity contribution in [3.05, 3.63) is 0 Å². The van der Waals surface area contributed by atoms with Gasteiger partial charge in [0.1, 0.15) is 6.04 Å². The van der Waals surface area contributed by atoms with Gasteiger partial charge >= 0.3 is 5.97 Å². The number of nitrogens with one attached hydrogen (secondary N) is 1. The van der Waals surface area contributed by atoms with Crippen molar-refractivity contribution in [2.24, 2.45) is 5.92 Å². The Balaban J connectivity index is 2.44. The lowest BCUT2D eigenvalue weighted by molar-refractivity contribution is -0.145. The van der Waals surface area contributed by atoms with Gasteiger partial charge in [-0.2, -0.15) is 0 Å². The summed E-state index contributed by atoms with van der Waals surface area (Å²) in [6.45, 7) is 11.9. The van der Waals surface area contributed by atoms with Crippen LogP contribution in [0.1, 0.15) is 47.0 Å². The fourth-order valence-electron chi connectivity index (χ4n) is 2.97. The number of rotatable bonds is 8. The SMILES string of the molecule is CCNC(CCN1CCCC1C(C)C)C(=O)OCC. The van der Waals surface area contributed by atoms with Crippen molar-refractivity contribution >= 4 is 5.97 Å². The Kier molecular flexibility index (Phi) is 7.39. The molecule has 112 valence electrons. The summed E-state index contributed by atoms with van der Waals surface area (Å²) in [5, 5.41) is 3.23. The highest BCUT2D eigenvalue weighted by atomic mass is 16.5. The molecule has 4 heteroatoms.